The van der Waals surface area contributed by atoms with Gasteiger partial charge in [0.25, 0.3) is 11.8 Å². The third-order valence-corrected chi connectivity index (χ3v) is 14.3. The second-order valence-electron chi connectivity index (χ2n) is 16.3. The van der Waals surface area contributed by atoms with E-state index in [4.69, 9.17) is 4.84 Å². The SMILES string of the molecule is CC(=O)[C@H]1CC[C@H]2[C@@H]3CCC4=C(SCCC(=O)NCCCCCC(=O)NCCCCCC(=O)ON5C(=O)CCC5=O)C(=O)CC[C@]4(C)[C@H]3CC[C@]12C. The van der Waals surface area contributed by atoms with Crippen LogP contribution in [0.15, 0.2) is 10.5 Å². The lowest BCUT2D eigenvalue weighted by Gasteiger charge is -2.58. The van der Waals surface area contributed by atoms with Crippen LogP contribution in [0.25, 0.3) is 0 Å². The van der Waals surface area contributed by atoms with E-state index in [2.05, 4.69) is 24.5 Å². The molecule has 0 aromatic carbocycles. The Labute approximate surface area is 312 Å². The molecule has 5 aliphatic rings. The fraction of sp³-hybridized carbons (Fsp3) is 0.775. The molecule has 4 fully saturated rings. The largest absolute Gasteiger partial charge is 0.356 e. The minimum absolute atomic E-state index is 0.00955. The molecular weight excluding hydrogens is 683 g/mol. The highest BCUT2D eigenvalue weighted by Crippen LogP contribution is 2.67. The van der Waals surface area contributed by atoms with E-state index in [0.29, 0.717) is 86.0 Å². The van der Waals surface area contributed by atoms with Crippen molar-refractivity contribution in [1.29, 1.82) is 0 Å². The minimum Gasteiger partial charge on any atom is -0.356 e. The third-order valence-electron chi connectivity index (χ3n) is 13.1. The van der Waals surface area contributed by atoms with Gasteiger partial charge in [0.15, 0.2) is 5.78 Å². The molecule has 52 heavy (non-hydrogen) atoms. The zero-order chi connectivity index (χ0) is 37.5. The second-order valence-corrected chi connectivity index (χ2v) is 17.4. The van der Waals surface area contributed by atoms with Crippen molar-refractivity contribution in [2.75, 3.05) is 18.8 Å². The van der Waals surface area contributed by atoms with Gasteiger partial charge in [0.1, 0.15) is 5.78 Å². The average molecular weight is 742 g/mol. The van der Waals surface area contributed by atoms with E-state index in [9.17, 15) is 33.6 Å². The third kappa shape index (κ3) is 9.19. The summed E-state index contributed by atoms with van der Waals surface area (Å²) in [6.45, 7) is 7.63. The maximum atomic E-state index is 13.2. The molecule has 3 saturated carbocycles. The molecule has 1 aliphatic heterocycles. The standard InChI is InChI=1S/C40H59N3O8S/c1-26(44)28-14-15-29-27-12-13-31-38(32(45)19-22-40(31,3)30(27)18-21-39(28,29)2)52-25-20-34(47)42-24-8-4-6-10-33(46)41-23-9-5-7-11-37(50)51-43-35(48)16-17-36(43)49/h27-30H,4-25H2,1-3H3,(H,41,46)(H,42,47)/t27-,28+,29-,30-,39+,40+/m0/s1. The number of hydrogen-bond acceptors (Lipinski definition) is 9. The number of fused-ring (bicyclic) bond motifs is 5. The number of thioether (sulfide) groups is 1. The second kappa shape index (κ2) is 17.9. The number of Topliss-reactive ketones (excluding diaryl/α,β-unsaturated/α-hetero) is 2. The molecule has 1 heterocycles. The molecule has 12 heteroatoms. The van der Waals surface area contributed by atoms with E-state index in [-0.39, 0.29) is 53.6 Å². The number of nitrogens with zero attached hydrogens (tertiary/aromatic N) is 1. The molecule has 0 spiro atoms. The van der Waals surface area contributed by atoms with Crippen LogP contribution < -0.4 is 10.6 Å². The van der Waals surface area contributed by atoms with Crippen molar-refractivity contribution in [2.45, 2.75) is 143 Å². The molecule has 0 unspecified atom stereocenters. The lowest BCUT2D eigenvalue weighted by atomic mass is 9.46. The molecule has 0 bridgehead atoms. The van der Waals surface area contributed by atoms with E-state index in [0.717, 1.165) is 69.1 Å². The Hall–Kier alpha value is -3.02. The van der Waals surface area contributed by atoms with E-state index in [1.165, 1.54) is 5.57 Å². The molecule has 4 aliphatic carbocycles. The van der Waals surface area contributed by atoms with Crippen molar-refractivity contribution < 1.29 is 38.4 Å². The van der Waals surface area contributed by atoms with Gasteiger partial charge in [-0.05, 0) is 112 Å². The lowest BCUT2D eigenvalue weighted by Crippen LogP contribution is -2.51. The van der Waals surface area contributed by atoms with Gasteiger partial charge in [-0.2, -0.15) is 0 Å². The van der Waals surface area contributed by atoms with Crippen LogP contribution >= 0.6 is 11.8 Å². The smallest absolute Gasteiger partial charge is 0.333 e. The molecule has 0 aromatic rings. The summed E-state index contributed by atoms with van der Waals surface area (Å²) >= 11 is 1.58. The van der Waals surface area contributed by atoms with Crippen molar-refractivity contribution in [2.24, 2.45) is 34.5 Å². The Bertz CT molecular complexity index is 1430. The molecule has 2 N–H and O–H groups in total. The molecular formula is C40H59N3O8S. The predicted molar refractivity (Wildman–Crippen MR) is 197 cm³/mol. The number of imide groups is 1. The summed E-state index contributed by atoms with van der Waals surface area (Å²) in [5.41, 5.74) is 1.51. The molecule has 0 aromatic heterocycles. The first kappa shape index (κ1) is 40.2. The summed E-state index contributed by atoms with van der Waals surface area (Å²) in [5, 5.41) is 6.44. The van der Waals surface area contributed by atoms with Crippen LogP contribution in [0.3, 0.4) is 0 Å². The monoisotopic (exact) mass is 741 g/mol. The maximum absolute atomic E-state index is 13.2. The number of amides is 4. The number of hydrogen-bond donors (Lipinski definition) is 2. The first-order valence-corrected chi connectivity index (χ1v) is 20.8. The maximum Gasteiger partial charge on any atom is 0.333 e. The summed E-state index contributed by atoms with van der Waals surface area (Å²) in [7, 11) is 0. The fourth-order valence-electron chi connectivity index (χ4n) is 10.3. The highest BCUT2D eigenvalue weighted by molar-refractivity contribution is 8.04. The van der Waals surface area contributed by atoms with Gasteiger partial charge < -0.3 is 15.5 Å². The van der Waals surface area contributed by atoms with E-state index < -0.39 is 17.8 Å². The lowest BCUT2D eigenvalue weighted by molar-refractivity contribution is -0.197. The van der Waals surface area contributed by atoms with E-state index in [1.807, 2.05) is 0 Å². The summed E-state index contributed by atoms with van der Waals surface area (Å²) in [5.74, 6) is 1.57. The van der Waals surface area contributed by atoms with Crippen LogP contribution in [-0.2, 0) is 38.4 Å². The molecule has 6 atom stereocenters. The number of hydroxylamine groups is 2. The quantitative estimate of drug-likeness (QED) is 0.125. The normalized spacial score (nSPS) is 29.8. The van der Waals surface area contributed by atoms with Crippen LogP contribution in [0.1, 0.15) is 143 Å². The summed E-state index contributed by atoms with van der Waals surface area (Å²) < 4.78 is 0. The first-order valence-electron chi connectivity index (χ1n) is 19.8. The number of unbranched alkanes of at least 4 members (excludes halogenated alkanes) is 4. The van der Waals surface area contributed by atoms with Crippen molar-refractivity contribution in [3.05, 3.63) is 10.5 Å². The molecule has 0 radical (unpaired) electrons. The van der Waals surface area contributed by atoms with Gasteiger partial charge in [-0.1, -0.05) is 26.7 Å². The highest BCUT2D eigenvalue weighted by atomic mass is 32.2. The summed E-state index contributed by atoms with van der Waals surface area (Å²) in [6.07, 6.45) is 13.3. The van der Waals surface area contributed by atoms with Crippen molar-refractivity contribution in [3.63, 3.8) is 0 Å². The number of carbonyl (C=O) groups excluding carboxylic acids is 7. The zero-order valence-corrected chi connectivity index (χ0v) is 32.3. The van der Waals surface area contributed by atoms with E-state index >= 15 is 0 Å². The number of allylic oxidation sites excluding steroid dienone is 1. The van der Waals surface area contributed by atoms with Crippen LogP contribution in [0, 0.1) is 34.5 Å². The summed E-state index contributed by atoms with van der Waals surface area (Å²) in [4.78, 5) is 91.1. The Morgan fingerprint density at radius 3 is 2.08 bits per heavy atom. The molecule has 288 valence electrons. The van der Waals surface area contributed by atoms with Crippen molar-refractivity contribution in [1.82, 2.24) is 15.7 Å². The zero-order valence-electron chi connectivity index (χ0n) is 31.5. The summed E-state index contributed by atoms with van der Waals surface area (Å²) in [6, 6.07) is 0. The minimum atomic E-state index is -0.607. The van der Waals surface area contributed by atoms with Crippen molar-refractivity contribution in [3.8, 4) is 0 Å². The van der Waals surface area contributed by atoms with Gasteiger partial charge in [0, 0.05) is 63.3 Å². The van der Waals surface area contributed by atoms with Gasteiger partial charge in [0.05, 0.1) is 4.91 Å². The van der Waals surface area contributed by atoms with Crippen LogP contribution in [0.2, 0.25) is 0 Å². The predicted octanol–water partition coefficient (Wildman–Crippen LogP) is 6.13. The number of ketones is 2. The topological polar surface area (TPSA) is 156 Å². The average Bonchev–Trinajstić information content (AvgIpc) is 3.63. The Kier molecular flexibility index (Phi) is 13.8. The van der Waals surface area contributed by atoms with Gasteiger partial charge >= 0.3 is 5.97 Å². The first-order chi connectivity index (χ1) is 24.8. The van der Waals surface area contributed by atoms with E-state index in [1.54, 1.807) is 18.7 Å². The van der Waals surface area contributed by atoms with Crippen LogP contribution in [0.5, 0.6) is 0 Å². The molecule has 11 nitrogen and oxygen atoms in total. The van der Waals surface area contributed by atoms with Gasteiger partial charge in [-0.25, -0.2) is 4.79 Å². The van der Waals surface area contributed by atoms with Crippen LogP contribution in [-0.4, -0.2) is 65.1 Å². The Morgan fingerprint density at radius 2 is 1.40 bits per heavy atom. The molecule has 1 saturated heterocycles. The number of carbonyl (C=O) groups is 7. The fourth-order valence-corrected chi connectivity index (χ4v) is 11.6. The Morgan fingerprint density at radius 1 is 0.750 bits per heavy atom. The van der Waals surface area contributed by atoms with Gasteiger partial charge in [-0.3, -0.25) is 28.8 Å². The number of rotatable bonds is 18. The van der Waals surface area contributed by atoms with Crippen molar-refractivity contribution >= 4 is 52.9 Å². The molecule has 5 rings (SSSR count). The van der Waals surface area contributed by atoms with Gasteiger partial charge in [-0.15, -0.1) is 16.8 Å². The number of nitrogens with one attached hydrogen (secondary N) is 2. The van der Waals surface area contributed by atoms with Gasteiger partial charge in [0.2, 0.25) is 11.8 Å². The molecule has 4 amide bonds. The highest BCUT2D eigenvalue weighted by Gasteiger charge is 2.60. The van der Waals surface area contributed by atoms with Crippen LogP contribution in [0.4, 0.5) is 0 Å². The Balaban J connectivity index is 0.921.